The molecule has 0 amide bonds. The molecule has 0 radical (unpaired) electrons. The minimum absolute atomic E-state index is 0.00477. The minimum atomic E-state index is -1.64. The van der Waals surface area contributed by atoms with Gasteiger partial charge in [0.05, 0.1) is 33.0 Å². The van der Waals surface area contributed by atoms with Crippen LogP contribution in [0, 0.1) is 0 Å². The molecule has 0 aliphatic carbocycles. The molecular formula is C46H52O14. The van der Waals surface area contributed by atoms with E-state index in [1.165, 1.54) is 20.8 Å². The molecule has 4 aromatic carbocycles. The summed E-state index contributed by atoms with van der Waals surface area (Å²) in [7, 11) is 0. The molecule has 60 heavy (non-hydrogen) atoms. The van der Waals surface area contributed by atoms with E-state index in [2.05, 4.69) is 0 Å². The van der Waals surface area contributed by atoms with Gasteiger partial charge in [0, 0.05) is 20.8 Å². The van der Waals surface area contributed by atoms with E-state index in [4.69, 9.17) is 47.4 Å². The molecule has 2 saturated heterocycles. The van der Waals surface area contributed by atoms with Crippen molar-refractivity contribution in [2.45, 2.75) is 109 Å². The Morgan fingerprint density at radius 2 is 0.917 bits per heavy atom. The summed E-state index contributed by atoms with van der Waals surface area (Å²) in [6.07, 6.45) is -12.3. The van der Waals surface area contributed by atoms with Crippen LogP contribution in [0.1, 0.15) is 43.0 Å². The van der Waals surface area contributed by atoms with Crippen LogP contribution in [0.15, 0.2) is 121 Å². The summed E-state index contributed by atoms with van der Waals surface area (Å²) in [5.74, 6) is -2.05. The molecule has 6 rings (SSSR count). The molecule has 2 fully saturated rings. The van der Waals surface area contributed by atoms with Crippen molar-refractivity contribution in [3.63, 3.8) is 0 Å². The lowest BCUT2D eigenvalue weighted by Crippen LogP contribution is -2.66. The second kappa shape index (κ2) is 22.5. The molecule has 0 spiro atoms. The summed E-state index contributed by atoms with van der Waals surface area (Å²) >= 11 is 0. The maximum absolute atomic E-state index is 12.7. The third-order valence-electron chi connectivity index (χ3n) is 9.80. The number of rotatable bonds is 19. The van der Waals surface area contributed by atoms with Crippen molar-refractivity contribution < 1.29 is 66.9 Å². The Balaban J connectivity index is 1.36. The first-order valence-corrected chi connectivity index (χ1v) is 19.8. The van der Waals surface area contributed by atoms with Crippen LogP contribution in [0.25, 0.3) is 0 Å². The van der Waals surface area contributed by atoms with Gasteiger partial charge in [-0.3, -0.25) is 14.4 Å². The minimum Gasteiger partial charge on any atom is -0.463 e. The van der Waals surface area contributed by atoms with Crippen LogP contribution < -0.4 is 0 Å². The maximum atomic E-state index is 12.7. The van der Waals surface area contributed by atoms with Gasteiger partial charge < -0.3 is 52.5 Å². The molecule has 4 aromatic rings. The van der Waals surface area contributed by atoms with Crippen molar-refractivity contribution in [1.82, 2.24) is 0 Å². The van der Waals surface area contributed by atoms with E-state index in [9.17, 15) is 19.5 Å². The first-order chi connectivity index (χ1) is 29.1. The van der Waals surface area contributed by atoms with E-state index >= 15 is 0 Å². The van der Waals surface area contributed by atoms with Gasteiger partial charge in [0.2, 0.25) is 0 Å². The number of carbonyl (C=O) groups is 3. The Morgan fingerprint density at radius 1 is 0.483 bits per heavy atom. The monoisotopic (exact) mass is 828 g/mol. The highest BCUT2D eigenvalue weighted by atomic mass is 16.8. The Labute approximate surface area is 349 Å². The van der Waals surface area contributed by atoms with Gasteiger partial charge in [0.15, 0.2) is 24.8 Å². The molecule has 2 heterocycles. The Bertz CT molecular complexity index is 1900. The van der Waals surface area contributed by atoms with Crippen molar-refractivity contribution in [3.8, 4) is 0 Å². The number of aliphatic hydroxyl groups is 1. The second-order valence-corrected chi connectivity index (χ2v) is 14.4. The summed E-state index contributed by atoms with van der Waals surface area (Å²) in [5, 5.41) is 11.9. The highest BCUT2D eigenvalue weighted by Gasteiger charge is 2.55. The lowest BCUT2D eigenvalue weighted by atomic mass is 9.96. The Hall–Kier alpha value is -5.03. The van der Waals surface area contributed by atoms with Crippen molar-refractivity contribution >= 4 is 17.9 Å². The normalized spacial score (nSPS) is 26.5. The SMILES string of the molecule is CC(=O)OC[C@H]1O[C@H](O[C@@H]2[C@@H](OCc3ccccc3)[C@H](OCc3ccccc3)[C@@H](COCc3ccccc3)O[C@@H]2O)[C@H](OCc2ccccc2)[C@@H](OC(C)=O)[C@@H]1OC(C)=O. The summed E-state index contributed by atoms with van der Waals surface area (Å²) in [5.41, 5.74) is 3.43. The summed E-state index contributed by atoms with van der Waals surface area (Å²) in [6, 6.07) is 37.9. The molecule has 320 valence electrons. The van der Waals surface area contributed by atoms with Gasteiger partial charge in [-0.05, 0) is 22.3 Å². The third-order valence-corrected chi connectivity index (χ3v) is 9.80. The lowest BCUT2D eigenvalue weighted by molar-refractivity contribution is -0.373. The predicted molar refractivity (Wildman–Crippen MR) is 213 cm³/mol. The molecule has 14 nitrogen and oxygen atoms in total. The zero-order chi connectivity index (χ0) is 42.3. The van der Waals surface area contributed by atoms with E-state index in [0.29, 0.717) is 0 Å². The molecule has 0 unspecified atom stereocenters. The fourth-order valence-corrected chi connectivity index (χ4v) is 7.04. The van der Waals surface area contributed by atoms with Crippen molar-refractivity contribution in [3.05, 3.63) is 144 Å². The summed E-state index contributed by atoms with van der Waals surface area (Å²) in [4.78, 5) is 37.2. The number of carbonyl (C=O) groups excluding carboxylic acids is 3. The van der Waals surface area contributed by atoms with Gasteiger partial charge in [0.1, 0.15) is 43.2 Å². The van der Waals surface area contributed by atoms with Gasteiger partial charge in [-0.15, -0.1) is 0 Å². The quantitative estimate of drug-likeness (QED) is 0.0968. The molecule has 1 N–H and O–H groups in total. The molecule has 0 bridgehead atoms. The van der Waals surface area contributed by atoms with E-state index in [1.807, 2.05) is 121 Å². The van der Waals surface area contributed by atoms with Crippen LogP contribution in [0.5, 0.6) is 0 Å². The smallest absolute Gasteiger partial charge is 0.303 e. The molecular weight excluding hydrogens is 776 g/mol. The summed E-state index contributed by atoms with van der Waals surface area (Å²) in [6.45, 7) is 3.75. The van der Waals surface area contributed by atoms with Crippen LogP contribution >= 0.6 is 0 Å². The highest BCUT2D eigenvalue weighted by Crippen LogP contribution is 2.35. The molecule has 14 heteroatoms. The molecule has 2 aliphatic rings. The van der Waals surface area contributed by atoms with Crippen molar-refractivity contribution in [2.24, 2.45) is 0 Å². The zero-order valence-corrected chi connectivity index (χ0v) is 33.8. The van der Waals surface area contributed by atoms with Gasteiger partial charge >= 0.3 is 17.9 Å². The maximum Gasteiger partial charge on any atom is 0.303 e. The largest absolute Gasteiger partial charge is 0.463 e. The van der Waals surface area contributed by atoms with E-state index < -0.39 is 85.9 Å². The van der Waals surface area contributed by atoms with Gasteiger partial charge in [-0.1, -0.05) is 121 Å². The van der Waals surface area contributed by atoms with E-state index in [1.54, 1.807) is 0 Å². The van der Waals surface area contributed by atoms with Crippen molar-refractivity contribution in [1.29, 1.82) is 0 Å². The Kier molecular flexibility index (Phi) is 16.7. The van der Waals surface area contributed by atoms with Gasteiger partial charge in [-0.25, -0.2) is 0 Å². The zero-order valence-electron chi connectivity index (χ0n) is 33.8. The van der Waals surface area contributed by atoms with Crippen LogP contribution in [0.3, 0.4) is 0 Å². The molecule has 2 aliphatic heterocycles. The number of ether oxygens (including phenoxy) is 10. The van der Waals surface area contributed by atoms with Gasteiger partial charge in [0.25, 0.3) is 0 Å². The Morgan fingerprint density at radius 3 is 1.40 bits per heavy atom. The lowest BCUT2D eigenvalue weighted by Gasteiger charge is -2.49. The molecule has 0 aromatic heterocycles. The first-order valence-electron chi connectivity index (χ1n) is 19.8. The van der Waals surface area contributed by atoms with Crippen LogP contribution in [0.4, 0.5) is 0 Å². The number of hydrogen-bond donors (Lipinski definition) is 1. The standard InChI is InChI=1S/C46H52O14/c1-30(47)52-29-38-40(56-31(2)48)42(57-32(3)49)44(55-27-36-22-14-7-15-23-36)46(59-38)60-43-41(54-26-35-20-12-6-13-21-35)39(53-25-34-18-10-5-11-19-34)37(58-45(43)50)28-51-24-33-16-8-4-9-17-33/h4-23,37-46,50H,24-29H2,1-3H3/t37-,38-,39-,40-,41+,42+,43-,44-,45+,46-/m1/s1. The van der Waals surface area contributed by atoms with Crippen LogP contribution in [-0.4, -0.2) is 97.6 Å². The molecule has 0 saturated carbocycles. The summed E-state index contributed by atoms with van der Waals surface area (Å²) < 4.78 is 62.1. The van der Waals surface area contributed by atoms with Crippen LogP contribution in [-0.2, 0) is 88.2 Å². The van der Waals surface area contributed by atoms with E-state index in [-0.39, 0.29) is 33.0 Å². The number of aliphatic hydroxyl groups excluding tert-OH is 1. The fraction of sp³-hybridized carbons (Fsp3) is 0.413. The third kappa shape index (κ3) is 13.0. The average molecular weight is 829 g/mol. The van der Waals surface area contributed by atoms with Crippen LogP contribution in [0.2, 0.25) is 0 Å². The first kappa shape index (κ1) is 44.5. The predicted octanol–water partition coefficient (Wildman–Crippen LogP) is 5.21. The fourth-order valence-electron chi connectivity index (χ4n) is 7.04. The van der Waals surface area contributed by atoms with E-state index in [0.717, 1.165) is 22.3 Å². The number of benzene rings is 4. The second-order valence-electron chi connectivity index (χ2n) is 14.4. The highest BCUT2D eigenvalue weighted by molar-refractivity contribution is 5.68. The van der Waals surface area contributed by atoms with Crippen molar-refractivity contribution in [2.75, 3.05) is 13.2 Å². The average Bonchev–Trinajstić information content (AvgIpc) is 3.24. The number of hydrogen-bond acceptors (Lipinski definition) is 14. The molecule has 10 atom stereocenters. The topological polar surface area (TPSA) is 164 Å². The number of esters is 3. The van der Waals surface area contributed by atoms with Gasteiger partial charge in [-0.2, -0.15) is 0 Å².